The molecule has 0 saturated carbocycles. The monoisotopic (exact) mass is 483 g/mol. The van der Waals surface area contributed by atoms with Crippen LogP contribution in [-0.4, -0.2) is 39.2 Å². The second kappa shape index (κ2) is 8.36. The number of carbonyl (C=O) groups is 1. The fourth-order valence-corrected chi connectivity index (χ4v) is 4.71. The van der Waals surface area contributed by atoms with Crippen LogP contribution < -0.4 is 10.5 Å². The van der Waals surface area contributed by atoms with Crippen LogP contribution >= 0.6 is 0 Å². The molecule has 2 aliphatic heterocycles. The van der Waals surface area contributed by atoms with Gasteiger partial charge in [-0.05, 0) is 23.8 Å². The molecule has 0 radical (unpaired) electrons. The number of hydrogen-bond acceptors (Lipinski definition) is 6. The van der Waals surface area contributed by atoms with Gasteiger partial charge >= 0.3 is 0 Å². The molecule has 1 amide bonds. The van der Waals surface area contributed by atoms with Crippen molar-refractivity contribution in [3.05, 3.63) is 81.9 Å². The van der Waals surface area contributed by atoms with Gasteiger partial charge in [-0.15, -0.1) is 0 Å². The van der Waals surface area contributed by atoms with Crippen molar-refractivity contribution in [2.45, 2.75) is 19.3 Å². The van der Waals surface area contributed by atoms with E-state index in [2.05, 4.69) is 21.9 Å². The number of halogens is 1. The molecule has 36 heavy (non-hydrogen) atoms. The molecule has 6 rings (SSSR count). The molecule has 8 nitrogen and oxygen atoms in total. The van der Waals surface area contributed by atoms with Gasteiger partial charge in [0.05, 0.1) is 42.1 Å². The quantitative estimate of drug-likeness (QED) is 0.440. The van der Waals surface area contributed by atoms with Crippen LogP contribution in [-0.2, 0) is 25.0 Å². The number of nitrogens with zero attached hydrogens (tertiary/aromatic N) is 4. The minimum atomic E-state index is -0.648. The summed E-state index contributed by atoms with van der Waals surface area (Å²) in [5.41, 5.74) is 10.5. The Kier molecular flexibility index (Phi) is 5.12. The van der Waals surface area contributed by atoms with E-state index in [4.69, 9.17) is 15.2 Å². The van der Waals surface area contributed by atoms with Crippen molar-refractivity contribution in [1.29, 1.82) is 0 Å². The first-order valence-corrected chi connectivity index (χ1v) is 11.4. The highest BCUT2D eigenvalue weighted by Gasteiger charge is 2.32. The minimum absolute atomic E-state index is 0.0296. The number of aryl methyl sites for hydroxylation is 1. The van der Waals surface area contributed by atoms with Crippen molar-refractivity contribution in [1.82, 2.24) is 19.7 Å². The SMILES string of the molecule is CN(C(=O)c1cc2c3c(c(N)nc2cc1F)COC3)[C@@H]1COc2cc(C#Cc3cnn(C)c3)ccc21. The average molecular weight is 484 g/mol. The number of aromatic nitrogens is 3. The van der Waals surface area contributed by atoms with Gasteiger partial charge in [0.25, 0.3) is 5.91 Å². The summed E-state index contributed by atoms with van der Waals surface area (Å²) in [7, 11) is 3.49. The molecule has 2 N–H and O–H groups in total. The van der Waals surface area contributed by atoms with Crippen LogP contribution in [0.1, 0.15) is 44.2 Å². The third-order valence-corrected chi connectivity index (χ3v) is 6.66. The number of rotatable bonds is 2. The average Bonchev–Trinajstić information content (AvgIpc) is 3.61. The number of benzene rings is 2. The maximum atomic E-state index is 15.1. The third kappa shape index (κ3) is 3.63. The van der Waals surface area contributed by atoms with E-state index in [1.165, 1.54) is 11.0 Å². The van der Waals surface area contributed by atoms with E-state index < -0.39 is 11.7 Å². The Balaban J connectivity index is 1.29. The van der Waals surface area contributed by atoms with Crippen LogP contribution in [0.4, 0.5) is 10.2 Å². The fourth-order valence-electron chi connectivity index (χ4n) is 4.71. The molecule has 4 aromatic rings. The van der Waals surface area contributed by atoms with E-state index >= 15 is 4.39 Å². The van der Waals surface area contributed by atoms with Crippen molar-refractivity contribution in [3.8, 4) is 17.6 Å². The summed E-state index contributed by atoms with van der Waals surface area (Å²) in [5.74, 6) is 6.07. The Labute approximate surface area is 206 Å². The zero-order valence-corrected chi connectivity index (χ0v) is 19.7. The number of amides is 1. The predicted molar refractivity (Wildman–Crippen MR) is 131 cm³/mol. The predicted octanol–water partition coefficient (Wildman–Crippen LogP) is 3.33. The molecular formula is C27H22FN5O3. The highest BCUT2D eigenvalue weighted by molar-refractivity contribution is 5.99. The van der Waals surface area contributed by atoms with E-state index in [1.807, 2.05) is 31.4 Å². The first kappa shape index (κ1) is 22.1. The Bertz CT molecular complexity index is 1620. The highest BCUT2D eigenvalue weighted by atomic mass is 19.1. The lowest BCUT2D eigenvalue weighted by Crippen LogP contribution is -2.32. The summed E-state index contributed by atoms with van der Waals surface area (Å²) < 4.78 is 28.2. The smallest absolute Gasteiger partial charge is 0.257 e. The first-order chi connectivity index (χ1) is 17.4. The van der Waals surface area contributed by atoms with Gasteiger partial charge in [0, 0.05) is 48.4 Å². The second-order valence-electron chi connectivity index (χ2n) is 8.94. The van der Waals surface area contributed by atoms with Gasteiger partial charge in [0.1, 0.15) is 24.0 Å². The first-order valence-electron chi connectivity index (χ1n) is 11.4. The fraction of sp³-hybridized carbons (Fsp3) is 0.222. The summed E-state index contributed by atoms with van der Waals surface area (Å²) >= 11 is 0. The third-order valence-electron chi connectivity index (χ3n) is 6.66. The molecular weight excluding hydrogens is 461 g/mol. The lowest BCUT2D eigenvalue weighted by atomic mass is 10.0. The Morgan fingerprint density at radius 2 is 2.00 bits per heavy atom. The molecule has 0 spiro atoms. The molecule has 2 aliphatic rings. The molecule has 2 aromatic heterocycles. The van der Waals surface area contributed by atoms with Gasteiger partial charge in [0.15, 0.2) is 0 Å². The Hall–Kier alpha value is -4.42. The molecule has 0 bridgehead atoms. The number of nitrogen functional groups attached to an aromatic ring is 1. The van der Waals surface area contributed by atoms with Gasteiger partial charge < -0.3 is 20.1 Å². The standard InChI is InChI=1S/C27H22FN5O3/c1-32-11-16(10-30-32)4-3-15-5-6-17-24(14-36-25(17)7-15)33(2)27(34)19-8-18-20-12-35-13-21(20)26(29)31-23(18)9-22(19)28/h5-11,24H,12-14H2,1-2H3,(H2,29,31)/t24-/m1/s1. The summed E-state index contributed by atoms with van der Waals surface area (Å²) in [5, 5.41) is 4.79. The molecule has 9 heteroatoms. The Morgan fingerprint density at radius 1 is 1.19 bits per heavy atom. The van der Waals surface area contributed by atoms with E-state index in [0.29, 0.717) is 35.7 Å². The van der Waals surface area contributed by atoms with Crippen molar-refractivity contribution in [3.63, 3.8) is 0 Å². The number of nitrogens with two attached hydrogens (primary N) is 1. The van der Waals surface area contributed by atoms with Crippen molar-refractivity contribution >= 4 is 22.6 Å². The van der Waals surface area contributed by atoms with Crippen LogP contribution in [0.5, 0.6) is 5.75 Å². The van der Waals surface area contributed by atoms with Crippen molar-refractivity contribution < 1.29 is 18.7 Å². The number of likely N-dealkylation sites (N-methyl/N-ethyl adjacent to an activating group) is 1. The van der Waals surface area contributed by atoms with Crippen LogP contribution in [0.15, 0.2) is 42.7 Å². The molecule has 0 fully saturated rings. The van der Waals surface area contributed by atoms with Crippen LogP contribution in [0, 0.1) is 17.7 Å². The highest BCUT2D eigenvalue weighted by Crippen LogP contribution is 2.38. The summed E-state index contributed by atoms with van der Waals surface area (Å²) in [6.45, 7) is 0.979. The number of ether oxygens (including phenoxy) is 2. The molecule has 180 valence electrons. The molecule has 0 saturated heterocycles. The second-order valence-corrected chi connectivity index (χ2v) is 8.94. The normalized spacial score (nSPS) is 15.7. The number of pyridine rings is 1. The Morgan fingerprint density at radius 3 is 2.81 bits per heavy atom. The van der Waals surface area contributed by atoms with E-state index in [1.54, 1.807) is 24.0 Å². The maximum Gasteiger partial charge on any atom is 0.257 e. The number of carbonyl (C=O) groups excluding carboxylic acids is 1. The van der Waals surface area contributed by atoms with Gasteiger partial charge in [-0.3, -0.25) is 9.48 Å². The van der Waals surface area contributed by atoms with Crippen LogP contribution in [0.2, 0.25) is 0 Å². The molecule has 2 aromatic carbocycles. The number of fused-ring (bicyclic) bond motifs is 4. The largest absolute Gasteiger partial charge is 0.491 e. The molecule has 4 heterocycles. The summed E-state index contributed by atoms with van der Waals surface area (Å²) in [6.07, 6.45) is 3.54. The van der Waals surface area contributed by atoms with Gasteiger partial charge in [-0.1, -0.05) is 17.9 Å². The summed E-state index contributed by atoms with van der Waals surface area (Å²) in [6, 6.07) is 8.10. The van der Waals surface area contributed by atoms with E-state index in [9.17, 15) is 4.79 Å². The maximum absolute atomic E-state index is 15.1. The van der Waals surface area contributed by atoms with Crippen LogP contribution in [0.25, 0.3) is 10.9 Å². The molecule has 0 unspecified atom stereocenters. The summed E-state index contributed by atoms with van der Waals surface area (Å²) in [4.78, 5) is 19.2. The van der Waals surface area contributed by atoms with E-state index in [-0.39, 0.29) is 18.2 Å². The van der Waals surface area contributed by atoms with Crippen LogP contribution in [0.3, 0.4) is 0 Å². The number of anilines is 1. The van der Waals surface area contributed by atoms with Crippen molar-refractivity contribution in [2.75, 3.05) is 19.4 Å². The minimum Gasteiger partial charge on any atom is -0.491 e. The topological polar surface area (TPSA) is 95.5 Å². The van der Waals surface area contributed by atoms with Gasteiger partial charge in [-0.25, -0.2) is 9.37 Å². The van der Waals surface area contributed by atoms with Crippen molar-refractivity contribution in [2.24, 2.45) is 7.05 Å². The van der Waals surface area contributed by atoms with Gasteiger partial charge in [0.2, 0.25) is 0 Å². The van der Waals surface area contributed by atoms with Gasteiger partial charge in [-0.2, -0.15) is 5.10 Å². The molecule has 1 atom stereocenters. The zero-order chi connectivity index (χ0) is 25.0. The zero-order valence-electron chi connectivity index (χ0n) is 19.7. The number of hydrogen-bond donors (Lipinski definition) is 1. The van der Waals surface area contributed by atoms with E-state index in [0.717, 1.165) is 27.8 Å². The molecule has 0 aliphatic carbocycles. The lowest BCUT2D eigenvalue weighted by Gasteiger charge is -2.24. The lowest BCUT2D eigenvalue weighted by molar-refractivity contribution is 0.0704.